The number of amides is 1. The lowest BCUT2D eigenvalue weighted by Gasteiger charge is -2.16. The molecule has 2 aromatic carbocycles. The van der Waals surface area contributed by atoms with Crippen molar-refractivity contribution in [1.82, 2.24) is 5.32 Å². The molecule has 0 aliphatic rings. The van der Waals surface area contributed by atoms with E-state index >= 15 is 0 Å². The average Bonchev–Trinajstić information content (AvgIpc) is 2.61. The van der Waals surface area contributed by atoms with Crippen LogP contribution in [0.25, 0.3) is 0 Å². The van der Waals surface area contributed by atoms with Crippen molar-refractivity contribution in [2.24, 2.45) is 0 Å². The van der Waals surface area contributed by atoms with Crippen molar-refractivity contribution < 1.29 is 19.1 Å². The van der Waals surface area contributed by atoms with Crippen LogP contribution in [-0.2, 0) is 14.3 Å². The van der Waals surface area contributed by atoms with Gasteiger partial charge in [-0.2, -0.15) is 0 Å². The molecule has 26 heavy (non-hydrogen) atoms. The second-order valence-corrected chi connectivity index (χ2v) is 6.86. The van der Waals surface area contributed by atoms with Crippen LogP contribution in [0.1, 0.15) is 29.7 Å². The Morgan fingerprint density at radius 2 is 1.81 bits per heavy atom. The van der Waals surface area contributed by atoms with Gasteiger partial charge in [0.2, 0.25) is 0 Å². The summed E-state index contributed by atoms with van der Waals surface area (Å²) < 4.78 is 11.3. The van der Waals surface area contributed by atoms with Crippen LogP contribution in [-0.4, -0.2) is 25.1 Å². The van der Waals surface area contributed by atoms with Gasteiger partial charge in [-0.15, -0.1) is 0 Å². The molecule has 0 unspecified atom stereocenters. The Hall–Kier alpha value is -2.34. The zero-order valence-electron chi connectivity index (χ0n) is 15.0. The van der Waals surface area contributed by atoms with E-state index in [1.807, 2.05) is 57.2 Å². The Kier molecular flexibility index (Phi) is 7.21. The third-order valence-corrected chi connectivity index (χ3v) is 4.67. The number of carbonyl (C=O) groups excluding carboxylic acids is 2. The molecule has 0 heterocycles. The van der Waals surface area contributed by atoms with Crippen LogP contribution < -0.4 is 10.1 Å². The third kappa shape index (κ3) is 5.88. The lowest BCUT2D eigenvalue weighted by molar-refractivity contribution is -0.150. The quantitative estimate of drug-likeness (QED) is 0.691. The van der Waals surface area contributed by atoms with Crippen molar-refractivity contribution in [3.63, 3.8) is 0 Å². The predicted octanol–water partition coefficient (Wildman–Crippen LogP) is 3.87. The molecule has 0 fully saturated rings. The fourth-order valence-corrected chi connectivity index (χ4v) is 2.95. The number of hydrogen-bond donors (Lipinski definition) is 1. The van der Waals surface area contributed by atoms with Gasteiger partial charge in [0.05, 0.1) is 6.04 Å². The maximum absolute atomic E-state index is 12.0. The van der Waals surface area contributed by atoms with Gasteiger partial charge >= 0.3 is 5.97 Å². The first-order chi connectivity index (χ1) is 12.4. The molecule has 0 bridgehead atoms. The van der Waals surface area contributed by atoms with Gasteiger partial charge in [0.15, 0.2) is 13.2 Å². The molecule has 0 aliphatic heterocycles. The summed E-state index contributed by atoms with van der Waals surface area (Å²) in [6.45, 7) is 5.25. The average molecular weight is 420 g/mol. The van der Waals surface area contributed by atoms with Crippen molar-refractivity contribution in [2.75, 3.05) is 13.2 Å². The monoisotopic (exact) mass is 419 g/mol. The van der Waals surface area contributed by atoms with E-state index < -0.39 is 5.97 Å². The number of hydrogen-bond acceptors (Lipinski definition) is 4. The van der Waals surface area contributed by atoms with Gasteiger partial charge in [-0.25, -0.2) is 4.79 Å². The summed E-state index contributed by atoms with van der Waals surface area (Å²) in [5.41, 5.74) is 3.18. The molecular weight excluding hydrogens is 398 g/mol. The highest BCUT2D eigenvalue weighted by Gasteiger charge is 2.14. The fraction of sp³-hybridized carbons (Fsp3) is 0.300. The van der Waals surface area contributed by atoms with Crippen LogP contribution in [0.3, 0.4) is 0 Å². The first-order valence-electron chi connectivity index (χ1n) is 8.26. The summed E-state index contributed by atoms with van der Waals surface area (Å²) in [5.74, 6) is -0.364. The molecule has 0 aliphatic carbocycles. The highest BCUT2D eigenvalue weighted by atomic mass is 79.9. The number of carbonyl (C=O) groups is 2. The second kappa shape index (κ2) is 9.38. The molecule has 2 aromatic rings. The summed E-state index contributed by atoms with van der Waals surface area (Å²) >= 11 is 3.45. The zero-order chi connectivity index (χ0) is 19.1. The molecule has 1 N–H and O–H groups in total. The van der Waals surface area contributed by atoms with Crippen LogP contribution >= 0.6 is 15.9 Å². The molecule has 0 saturated carbocycles. The fourth-order valence-electron chi connectivity index (χ4n) is 2.32. The van der Waals surface area contributed by atoms with E-state index in [1.165, 1.54) is 0 Å². The highest BCUT2D eigenvalue weighted by molar-refractivity contribution is 9.10. The van der Waals surface area contributed by atoms with Gasteiger partial charge in [0, 0.05) is 4.47 Å². The number of benzene rings is 2. The van der Waals surface area contributed by atoms with E-state index in [0.717, 1.165) is 21.2 Å². The number of ether oxygens (including phenoxy) is 2. The Balaban J connectivity index is 1.75. The van der Waals surface area contributed by atoms with Gasteiger partial charge < -0.3 is 14.8 Å². The second-order valence-electron chi connectivity index (χ2n) is 6.01. The maximum Gasteiger partial charge on any atom is 0.344 e. The Labute approximate surface area is 161 Å². The lowest BCUT2D eigenvalue weighted by Crippen LogP contribution is -2.32. The lowest BCUT2D eigenvalue weighted by atomic mass is 10.1. The molecule has 0 radical (unpaired) electrons. The zero-order valence-corrected chi connectivity index (χ0v) is 16.6. The predicted molar refractivity (Wildman–Crippen MR) is 103 cm³/mol. The van der Waals surface area contributed by atoms with Gasteiger partial charge in [0.1, 0.15) is 5.75 Å². The largest absolute Gasteiger partial charge is 0.482 e. The van der Waals surface area contributed by atoms with Gasteiger partial charge in [-0.1, -0.05) is 40.2 Å². The summed E-state index contributed by atoms with van der Waals surface area (Å²) in [7, 11) is 0. The van der Waals surface area contributed by atoms with E-state index in [0.29, 0.717) is 5.75 Å². The van der Waals surface area contributed by atoms with Gasteiger partial charge in [0.25, 0.3) is 5.91 Å². The third-order valence-electron chi connectivity index (χ3n) is 3.95. The highest BCUT2D eigenvalue weighted by Crippen LogP contribution is 2.22. The van der Waals surface area contributed by atoms with E-state index in [-0.39, 0.29) is 25.2 Å². The van der Waals surface area contributed by atoms with Crippen LogP contribution in [0.5, 0.6) is 5.75 Å². The topological polar surface area (TPSA) is 64.6 Å². The minimum atomic E-state index is -0.591. The van der Waals surface area contributed by atoms with Crippen LogP contribution in [0, 0.1) is 13.8 Å². The normalized spacial score (nSPS) is 11.5. The minimum Gasteiger partial charge on any atom is -0.482 e. The summed E-state index contributed by atoms with van der Waals surface area (Å²) in [5, 5.41) is 2.79. The number of rotatable bonds is 7. The summed E-state index contributed by atoms with van der Waals surface area (Å²) in [4.78, 5) is 23.7. The SMILES string of the molecule is Cc1ccc(OCC(=O)OCC(=O)N[C@H](C)c2ccccc2Br)cc1C. The Morgan fingerprint density at radius 3 is 2.50 bits per heavy atom. The number of aryl methyl sites for hydroxylation is 2. The molecule has 0 spiro atoms. The van der Waals surface area contributed by atoms with E-state index in [1.54, 1.807) is 6.07 Å². The van der Waals surface area contributed by atoms with Crippen LogP contribution in [0.4, 0.5) is 0 Å². The first kappa shape index (κ1) is 20.0. The van der Waals surface area contributed by atoms with Crippen LogP contribution in [0.2, 0.25) is 0 Å². The molecule has 2 rings (SSSR count). The van der Waals surface area contributed by atoms with E-state index in [9.17, 15) is 9.59 Å². The van der Waals surface area contributed by atoms with Crippen molar-refractivity contribution >= 4 is 27.8 Å². The summed E-state index contributed by atoms with van der Waals surface area (Å²) in [6.07, 6.45) is 0. The standard InChI is InChI=1S/C20H22BrNO4/c1-13-8-9-16(10-14(13)2)25-12-20(24)26-11-19(23)22-15(3)17-6-4-5-7-18(17)21/h4-10,15H,11-12H2,1-3H3,(H,22,23)/t15-/m1/s1. The molecule has 0 aromatic heterocycles. The first-order valence-corrected chi connectivity index (χ1v) is 9.05. The van der Waals surface area contributed by atoms with Gasteiger partial charge in [-0.05, 0) is 55.7 Å². The molecule has 138 valence electrons. The molecule has 0 saturated heterocycles. The molecule has 5 nitrogen and oxygen atoms in total. The van der Waals surface area contributed by atoms with E-state index in [4.69, 9.17) is 9.47 Å². The Bertz CT molecular complexity index is 791. The van der Waals surface area contributed by atoms with Crippen LogP contribution in [0.15, 0.2) is 46.9 Å². The number of halogens is 1. The number of esters is 1. The smallest absolute Gasteiger partial charge is 0.344 e. The van der Waals surface area contributed by atoms with Gasteiger partial charge in [-0.3, -0.25) is 4.79 Å². The molecule has 1 atom stereocenters. The minimum absolute atomic E-state index is 0.205. The molecule has 6 heteroatoms. The van der Waals surface area contributed by atoms with Crippen molar-refractivity contribution in [3.8, 4) is 5.75 Å². The van der Waals surface area contributed by atoms with Crippen molar-refractivity contribution in [1.29, 1.82) is 0 Å². The number of nitrogens with one attached hydrogen (secondary N) is 1. The van der Waals surface area contributed by atoms with Crippen molar-refractivity contribution in [3.05, 3.63) is 63.6 Å². The van der Waals surface area contributed by atoms with E-state index in [2.05, 4.69) is 21.2 Å². The molecule has 1 amide bonds. The molecular formula is C20H22BrNO4. The van der Waals surface area contributed by atoms with Crippen molar-refractivity contribution in [2.45, 2.75) is 26.8 Å². The Morgan fingerprint density at radius 1 is 1.08 bits per heavy atom. The summed E-state index contributed by atoms with van der Waals surface area (Å²) in [6, 6.07) is 13.0. The maximum atomic E-state index is 12.0.